The minimum Gasteiger partial charge on any atom is -0.462 e. The molecule has 0 spiro atoms. The van der Waals surface area contributed by atoms with Crippen molar-refractivity contribution in [2.75, 3.05) is 17.9 Å². The maximum atomic E-state index is 11.7. The number of anilines is 1. The van der Waals surface area contributed by atoms with Crippen molar-refractivity contribution in [1.82, 2.24) is 4.72 Å². The Labute approximate surface area is 113 Å². The summed E-state index contributed by atoms with van der Waals surface area (Å²) < 4.78 is 33.0. The predicted octanol–water partition coefficient (Wildman–Crippen LogP) is 1.52. The van der Waals surface area contributed by atoms with Gasteiger partial charge in [0.15, 0.2) is 0 Å². The van der Waals surface area contributed by atoms with E-state index in [4.69, 9.17) is 4.74 Å². The van der Waals surface area contributed by atoms with Gasteiger partial charge in [0.1, 0.15) is 0 Å². The van der Waals surface area contributed by atoms with E-state index in [0.717, 1.165) is 0 Å². The van der Waals surface area contributed by atoms with Gasteiger partial charge >= 0.3 is 5.97 Å². The first-order valence-electron chi connectivity index (χ1n) is 6.03. The highest BCUT2D eigenvalue weighted by molar-refractivity contribution is 7.90. The third-order valence-corrected chi connectivity index (χ3v) is 3.28. The van der Waals surface area contributed by atoms with Crippen LogP contribution in [0.15, 0.2) is 24.3 Å². The van der Waals surface area contributed by atoms with Crippen LogP contribution in [0.4, 0.5) is 5.69 Å². The molecule has 19 heavy (non-hydrogen) atoms. The summed E-state index contributed by atoms with van der Waals surface area (Å²) >= 11 is 0. The molecule has 0 amide bonds. The second kappa shape index (κ2) is 7.10. The average molecular weight is 286 g/mol. The fraction of sp³-hybridized carbons (Fsp3) is 0.417. The number of para-hydroxylation sites is 1. The summed E-state index contributed by atoms with van der Waals surface area (Å²) in [5.74, 6) is -0.559. The number of ether oxygens (including phenoxy) is 1. The van der Waals surface area contributed by atoms with Crippen molar-refractivity contribution in [3.05, 3.63) is 29.8 Å². The smallest absolute Gasteiger partial charge is 0.340 e. The minimum atomic E-state index is -3.68. The summed E-state index contributed by atoms with van der Waals surface area (Å²) in [5.41, 5.74) is 0.385. The van der Waals surface area contributed by atoms with Crippen LogP contribution in [-0.4, -0.2) is 27.5 Å². The molecule has 0 bridgehead atoms. The van der Waals surface area contributed by atoms with Crippen molar-refractivity contribution in [2.45, 2.75) is 20.3 Å². The fourth-order valence-corrected chi connectivity index (χ4v) is 2.39. The third-order valence-electron chi connectivity index (χ3n) is 2.21. The van der Waals surface area contributed by atoms with E-state index in [2.05, 4.69) is 9.44 Å². The van der Waals surface area contributed by atoms with E-state index in [1.807, 2.05) is 6.92 Å². The van der Waals surface area contributed by atoms with Gasteiger partial charge in [-0.15, -0.1) is 0 Å². The summed E-state index contributed by atoms with van der Waals surface area (Å²) in [4.78, 5) is 11.7. The number of rotatable bonds is 7. The lowest BCUT2D eigenvalue weighted by Crippen LogP contribution is -2.31. The van der Waals surface area contributed by atoms with Crippen molar-refractivity contribution in [3.8, 4) is 0 Å². The lowest BCUT2D eigenvalue weighted by Gasteiger charge is -2.12. The van der Waals surface area contributed by atoms with Gasteiger partial charge in [0.25, 0.3) is 10.2 Å². The maximum absolute atomic E-state index is 11.7. The van der Waals surface area contributed by atoms with Crippen LogP contribution in [0.2, 0.25) is 0 Å². The number of hydrogen-bond acceptors (Lipinski definition) is 4. The van der Waals surface area contributed by atoms with Crippen molar-refractivity contribution < 1.29 is 17.9 Å². The Kier molecular flexibility index (Phi) is 5.78. The topological polar surface area (TPSA) is 84.5 Å². The summed E-state index contributed by atoms with van der Waals surface area (Å²) in [7, 11) is -3.68. The van der Waals surface area contributed by atoms with E-state index >= 15 is 0 Å². The summed E-state index contributed by atoms with van der Waals surface area (Å²) in [6.07, 6.45) is 0.681. The third kappa shape index (κ3) is 4.88. The van der Waals surface area contributed by atoms with Gasteiger partial charge in [-0.3, -0.25) is 4.72 Å². The second-order valence-corrected chi connectivity index (χ2v) is 5.27. The Morgan fingerprint density at radius 1 is 1.26 bits per heavy atom. The molecule has 0 aromatic heterocycles. The van der Waals surface area contributed by atoms with Gasteiger partial charge in [0, 0.05) is 6.54 Å². The van der Waals surface area contributed by atoms with Gasteiger partial charge in [-0.1, -0.05) is 19.1 Å². The molecule has 0 radical (unpaired) electrons. The Bertz CT molecular complexity index is 528. The zero-order valence-electron chi connectivity index (χ0n) is 11.0. The molecule has 1 rings (SSSR count). The second-order valence-electron chi connectivity index (χ2n) is 3.77. The Balaban J connectivity index is 2.92. The maximum Gasteiger partial charge on any atom is 0.340 e. The molecule has 0 atom stereocenters. The molecule has 0 aliphatic carbocycles. The molecule has 0 aliphatic rings. The number of nitrogens with one attached hydrogen (secondary N) is 2. The van der Waals surface area contributed by atoms with Gasteiger partial charge in [0.05, 0.1) is 17.9 Å². The van der Waals surface area contributed by atoms with Crippen molar-refractivity contribution >= 4 is 21.9 Å². The molecule has 0 saturated carbocycles. The molecule has 6 nitrogen and oxygen atoms in total. The Morgan fingerprint density at radius 3 is 2.58 bits per heavy atom. The Morgan fingerprint density at radius 2 is 1.95 bits per heavy atom. The highest BCUT2D eigenvalue weighted by Gasteiger charge is 2.16. The van der Waals surface area contributed by atoms with Crippen LogP contribution in [0.25, 0.3) is 0 Å². The van der Waals surface area contributed by atoms with Crippen molar-refractivity contribution in [3.63, 3.8) is 0 Å². The lowest BCUT2D eigenvalue weighted by atomic mass is 10.2. The highest BCUT2D eigenvalue weighted by Crippen LogP contribution is 2.17. The van der Waals surface area contributed by atoms with Crippen LogP contribution in [-0.2, 0) is 14.9 Å². The van der Waals surface area contributed by atoms with Crippen molar-refractivity contribution in [2.24, 2.45) is 0 Å². The first kappa shape index (κ1) is 15.5. The van der Waals surface area contributed by atoms with Gasteiger partial charge in [0.2, 0.25) is 0 Å². The van der Waals surface area contributed by atoms with Crippen LogP contribution in [0.5, 0.6) is 0 Å². The van der Waals surface area contributed by atoms with Crippen molar-refractivity contribution in [1.29, 1.82) is 0 Å². The number of esters is 1. The normalized spacial score (nSPS) is 11.1. The van der Waals surface area contributed by atoms with Crippen LogP contribution in [0, 0.1) is 0 Å². The fourth-order valence-electron chi connectivity index (χ4n) is 1.38. The van der Waals surface area contributed by atoms with Crippen LogP contribution >= 0.6 is 0 Å². The SMILES string of the molecule is CCCNS(=O)(=O)Nc1ccccc1C(=O)OCC. The van der Waals surface area contributed by atoms with Gasteiger partial charge in [-0.2, -0.15) is 13.1 Å². The monoisotopic (exact) mass is 286 g/mol. The predicted molar refractivity (Wildman–Crippen MR) is 73.2 cm³/mol. The molecular weight excluding hydrogens is 268 g/mol. The van der Waals surface area contributed by atoms with E-state index in [1.54, 1.807) is 19.1 Å². The van der Waals surface area contributed by atoms with E-state index < -0.39 is 16.2 Å². The summed E-state index contributed by atoms with van der Waals surface area (Å²) in [5, 5.41) is 0. The standard InChI is InChI=1S/C12H18N2O4S/c1-3-9-13-19(16,17)14-11-8-6-5-7-10(11)12(15)18-4-2/h5-8,13-14H,3-4,9H2,1-2H3. The molecule has 106 valence electrons. The molecule has 0 saturated heterocycles. The Hall–Kier alpha value is -1.60. The molecule has 0 unspecified atom stereocenters. The molecule has 1 aromatic carbocycles. The number of carbonyl (C=O) groups is 1. The first-order valence-corrected chi connectivity index (χ1v) is 7.52. The van der Waals surface area contributed by atoms with E-state index in [9.17, 15) is 13.2 Å². The van der Waals surface area contributed by atoms with E-state index in [-0.39, 0.29) is 17.9 Å². The molecule has 0 heterocycles. The average Bonchev–Trinajstić information content (AvgIpc) is 2.37. The summed E-state index contributed by atoms with van der Waals surface area (Å²) in [6.45, 7) is 4.10. The zero-order chi connectivity index (χ0) is 14.3. The highest BCUT2D eigenvalue weighted by atomic mass is 32.2. The first-order chi connectivity index (χ1) is 9.00. The van der Waals surface area contributed by atoms with E-state index in [1.165, 1.54) is 12.1 Å². The molecule has 7 heteroatoms. The molecular formula is C12H18N2O4S. The molecule has 1 aromatic rings. The lowest BCUT2D eigenvalue weighted by molar-refractivity contribution is 0.0527. The van der Waals surface area contributed by atoms with Crippen LogP contribution in [0.1, 0.15) is 30.6 Å². The zero-order valence-corrected chi connectivity index (χ0v) is 11.8. The van der Waals surface area contributed by atoms with E-state index in [0.29, 0.717) is 13.0 Å². The molecule has 2 N–H and O–H groups in total. The number of hydrogen-bond donors (Lipinski definition) is 2. The quantitative estimate of drug-likeness (QED) is 0.744. The van der Waals surface area contributed by atoms with Crippen LogP contribution < -0.4 is 9.44 Å². The van der Waals surface area contributed by atoms with Gasteiger partial charge in [-0.05, 0) is 25.5 Å². The van der Waals surface area contributed by atoms with Gasteiger partial charge in [-0.25, -0.2) is 4.79 Å². The number of benzene rings is 1. The molecule has 0 fully saturated rings. The van der Waals surface area contributed by atoms with Gasteiger partial charge < -0.3 is 4.74 Å². The number of carbonyl (C=O) groups excluding carboxylic acids is 1. The molecule has 0 aliphatic heterocycles. The largest absolute Gasteiger partial charge is 0.462 e. The van der Waals surface area contributed by atoms with Crippen LogP contribution in [0.3, 0.4) is 0 Å². The summed E-state index contributed by atoms with van der Waals surface area (Å²) in [6, 6.07) is 6.30. The minimum absolute atomic E-state index is 0.186.